The molecule has 0 unspecified atom stereocenters. The molecule has 3 aromatic rings. The maximum absolute atomic E-state index is 13.4. The lowest BCUT2D eigenvalue weighted by atomic mass is 9.97. The predicted molar refractivity (Wildman–Crippen MR) is 158 cm³/mol. The lowest BCUT2D eigenvalue weighted by molar-refractivity contribution is -0.190. The minimum Gasteiger partial charge on any atom is -0.508 e. The van der Waals surface area contributed by atoms with Crippen molar-refractivity contribution in [1.29, 1.82) is 0 Å². The van der Waals surface area contributed by atoms with Crippen LogP contribution in [0.15, 0.2) is 53.6 Å². The number of alkyl halides is 3. The molecule has 2 fully saturated rings. The van der Waals surface area contributed by atoms with E-state index in [-0.39, 0.29) is 73.2 Å². The number of nitrogens with zero attached hydrogens (tertiary/aromatic N) is 4. The molecule has 0 radical (unpaired) electrons. The van der Waals surface area contributed by atoms with Gasteiger partial charge in [-0.1, -0.05) is 6.92 Å². The Hall–Kier alpha value is -3.46. The average Bonchev–Trinajstić information content (AvgIpc) is 3.46. The smallest absolute Gasteiger partial charge is 0.394 e. The van der Waals surface area contributed by atoms with Crippen molar-refractivity contribution in [2.45, 2.75) is 63.1 Å². The van der Waals surface area contributed by atoms with Gasteiger partial charge in [0.05, 0.1) is 22.5 Å². The molecule has 0 spiro atoms. The van der Waals surface area contributed by atoms with E-state index in [0.717, 1.165) is 6.42 Å². The summed E-state index contributed by atoms with van der Waals surface area (Å²) in [5.41, 5.74) is -2.03. The summed E-state index contributed by atoms with van der Waals surface area (Å²) in [6, 6.07) is 9.25. The Labute approximate surface area is 254 Å². The van der Waals surface area contributed by atoms with Gasteiger partial charge in [0.2, 0.25) is 5.88 Å². The Kier molecular flexibility index (Phi) is 8.73. The molecule has 10 nitrogen and oxygen atoms in total. The van der Waals surface area contributed by atoms with Crippen molar-refractivity contribution in [2.75, 3.05) is 18.1 Å². The molecule has 1 saturated heterocycles. The molecule has 0 bridgehead atoms. The maximum Gasteiger partial charge on any atom is 0.394 e. The predicted octanol–water partition coefficient (Wildman–Crippen LogP) is 4.94. The zero-order valence-corrected chi connectivity index (χ0v) is 25.7. The number of amides is 1. The van der Waals surface area contributed by atoms with Crippen LogP contribution in [0, 0.1) is 11.3 Å². The van der Waals surface area contributed by atoms with Crippen LogP contribution in [0.1, 0.15) is 56.8 Å². The quantitative estimate of drug-likeness (QED) is 0.337. The standard InChI is InChI=1S/C28H32F3N5O5S.H2S/c1-18-16-26(2,3)35(17-18)24-21(25(38)34-42(39,40)20-6-4-19(37)5-7-20)8-9-22(32-24)36-14-10-23(33-36)41-15-13-27(11-12-27)28(29,30)31;/h4-10,14,18,37H,11-13,15-17H2,1-3H3,(H,34,38);1H2/t18-;/m0./s1. The van der Waals surface area contributed by atoms with Gasteiger partial charge >= 0.3 is 6.18 Å². The summed E-state index contributed by atoms with van der Waals surface area (Å²) in [6.07, 6.45) is -1.85. The number of carbonyl (C=O) groups is 1. The van der Waals surface area contributed by atoms with Crippen LogP contribution in [0.4, 0.5) is 19.0 Å². The molecule has 1 saturated carbocycles. The van der Waals surface area contributed by atoms with E-state index in [2.05, 4.69) is 16.7 Å². The molecule has 2 aliphatic rings. The largest absolute Gasteiger partial charge is 0.508 e. The molecule has 1 aromatic carbocycles. The minimum atomic E-state index is -4.26. The first kappa shape index (κ1) is 32.5. The second-order valence-corrected chi connectivity index (χ2v) is 13.4. The van der Waals surface area contributed by atoms with Crippen LogP contribution in [-0.4, -0.2) is 59.1 Å². The molecule has 3 heterocycles. The molecular formula is C28H34F3N5O5S2. The molecule has 2 N–H and O–H groups in total. The van der Waals surface area contributed by atoms with E-state index in [9.17, 15) is 31.5 Å². The highest BCUT2D eigenvalue weighted by Gasteiger charge is 2.62. The van der Waals surface area contributed by atoms with E-state index in [4.69, 9.17) is 9.72 Å². The number of carbonyl (C=O) groups excluding carboxylic acids is 1. The van der Waals surface area contributed by atoms with Gasteiger partial charge in [-0.25, -0.2) is 22.8 Å². The molecular weight excluding hydrogens is 607 g/mol. The molecule has 1 aliphatic heterocycles. The minimum absolute atomic E-state index is 0. The average molecular weight is 642 g/mol. The summed E-state index contributed by atoms with van der Waals surface area (Å²) in [5, 5.41) is 13.8. The number of hydrogen-bond acceptors (Lipinski definition) is 8. The Morgan fingerprint density at radius 1 is 1.14 bits per heavy atom. The number of anilines is 1. The van der Waals surface area contributed by atoms with E-state index < -0.39 is 33.1 Å². The van der Waals surface area contributed by atoms with Crippen molar-refractivity contribution in [2.24, 2.45) is 11.3 Å². The van der Waals surface area contributed by atoms with Gasteiger partial charge in [0, 0.05) is 24.3 Å². The van der Waals surface area contributed by atoms with E-state index >= 15 is 0 Å². The highest BCUT2D eigenvalue weighted by atomic mass is 32.2. The maximum atomic E-state index is 13.4. The summed E-state index contributed by atoms with van der Waals surface area (Å²) < 4.78 is 74.4. The molecule has 1 atom stereocenters. The SMILES string of the molecule is C[C@@H]1CN(c2nc(-n3ccc(OCCC4(C(F)(F)F)CC4)n3)ccc2C(=O)NS(=O)(=O)c2ccc(O)cc2)C(C)(C)C1.S. The summed E-state index contributed by atoms with van der Waals surface area (Å²) in [7, 11) is -4.25. The number of rotatable bonds is 9. The number of aromatic hydroxyl groups is 1. The zero-order chi connectivity index (χ0) is 30.5. The Bertz CT molecular complexity index is 1590. The summed E-state index contributed by atoms with van der Waals surface area (Å²) in [5.74, 6) is -0.0172. The van der Waals surface area contributed by atoms with Crippen LogP contribution in [0.3, 0.4) is 0 Å². The first-order valence-corrected chi connectivity index (χ1v) is 15.0. The van der Waals surface area contributed by atoms with Gasteiger partial charge in [-0.05, 0) is 81.8 Å². The molecule has 1 aliphatic carbocycles. The van der Waals surface area contributed by atoms with Crippen LogP contribution in [0.25, 0.3) is 5.82 Å². The van der Waals surface area contributed by atoms with Gasteiger partial charge in [0.25, 0.3) is 15.9 Å². The molecule has 43 heavy (non-hydrogen) atoms. The van der Waals surface area contributed by atoms with Gasteiger partial charge in [-0.15, -0.1) is 5.10 Å². The first-order valence-electron chi connectivity index (χ1n) is 13.5. The number of pyridine rings is 1. The summed E-state index contributed by atoms with van der Waals surface area (Å²) in [6.45, 7) is 6.52. The van der Waals surface area contributed by atoms with Crippen LogP contribution in [-0.2, 0) is 10.0 Å². The first-order chi connectivity index (χ1) is 19.6. The lowest BCUT2D eigenvalue weighted by Gasteiger charge is -2.34. The van der Waals surface area contributed by atoms with Gasteiger partial charge in [0.15, 0.2) is 5.82 Å². The molecule has 5 rings (SSSR count). The third kappa shape index (κ3) is 6.71. The number of hydrogen-bond donors (Lipinski definition) is 2. The third-order valence-electron chi connectivity index (χ3n) is 7.89. The molecule has 2 aromatic heterocycles. The Balaban J connectivity index is 0.00000423. The summed E-state index contributed by atoms with van der Waals surface area (Å²) >= 11 is 0. The highest BCUT2D eigenvalue weighted by Crippen LogP contribution is 2.59. The Morgan fingerprint density at radius 3 is 2.40 bits per heavy atom. The normalized spacial score (nSPS) is 19.0. The van der Waals surface area contributed by atoms with Crippen LogP contribution < -0.4 is 14.4 Å². The second kappa shape index (κ2) is 11.6. The van der Waals surface area contributed by atoms with E-state index in [1.54, 1.807) is 6.20 Å². The number of phenols is 1. The van der Waals surface area contributed by atoms with Crippen LogP contribution >= 0.6 is 13.5 Å². The number of halogens is 3. The lowest BCUT2D eigenvalue weighted by Crippen LogP contribution is -2.41. The third-order valence-corrected chi connectivity index (χ3v) is 9.24. The van der Waals surface area contributed by atoms with Crippen molar-refractivity contribution in [3.63, 3.8) is 0 Å². The van der Waals surface area contributed by atoms with Crippen molar-refractivity contribution >= 4 is 35.2 Å². The highest BCUT2D eigenvalue weighted by molar-refractivity contribution is 7.90. The fourth-order valence-electron chi connectivity index (χ4n) is 5.46. The van der Waals surface area contributed by atoms with Crippen molar-refractivity contribution in [3.8, 4) is 17.4 Å². The topological polar surface area (TPSA) is 127 Å². The molecule has 234 valence electrons. The van der Waals surface area contributed by atoms with Crippen LogP contribution in [0.5, 0.6) is 11.6 Å². The molecule has 1 amide bonds. The van der Waals surface area contributed by atoms with Gasteiger partial charge in [-0.3, -0.25) is 4.79 Å². The van der Waals surface area contributed by atoms with E-state index in [0.29, 0.717) is 12.4 Å². The summed E-state index contributed by atoms with van der Waals surface area (Å²) in [4.78, 5) is 19.8. The van der Waals surface area contributed by atoms with E-state index in [1.165, 1.54) is 47.1 Å². The fraction of sp³-hybridized carbons (Fsp3) is 0.464. The second-order valence-electron chi connectivity index (χ2n) is 11.7. The molecule has 15 heteroatoms. The van der Waals surface area contributed by atoms with Gasteiger partial charge in [0.1, 0.15) is 11.6 Å². The number of nitrogens with one attached hydrogen (secondary N) is 1. The monoisotopic (exact) mass is 641 g/mol. The van der Waals surface area contributed by atoms with Gasteiger partial charge < -0.3 is 14.7 Å². The van der Waals surface area contributed by atoms with E-state index in [1.807, 2.05) is 18.7 Å². The zero-order valence-electron chi connectivity index (χ0n) is 23.8. The van der Waals surface area contributed by atoms with Crippen molar-refractivity contribution < 1.29 is 36.2 Å². The van der Waals surface area contributed by atoms with Gasteiger partial charge in [-0.2, -0.15) is 26.7 Å². The number of phenolic OH excluding ortho intramolecular Hbond substituents is 1. The fourth-order valence-corrected chi connectivity index (χ4v) is 6.42. The Morgan fingerprint density at radius 2 is 1.81 bits per heavy atom. The number of ether oxygens (including phenoxy) is 1. The van der Waals surface area contributed by atoms with Crippen molar-refractivity contribution in [1.82, 2.24) is 19.5 Å². The number of benzene rings is 1. The number of sulfonamides is 1. The number of aromatic nitrogens is 3. The van der Waals surface area contributed by atoms with Crippen molar-refractivity contribution in [3.05, 3.63) is 54.2 Å². The van der Waals surface area contributed by atoms with Crippen LogP contribution in [0.2, 0.25) is 0 Å².